The number of hydrogen-bond acceptors (Lipinski definition) is 3. The lowest BCUT2D eigenvalue weighted by atomic mass is 9.87. The molecule has 0 aliphatic carbocycles. The molecule has 0 bridgehead atoms. The van der Waals surface area contributed by atoms with E-state index in [0.717, 1.165) is 36.5 Å². The molecule has 1 aromatic rings. The zero-order chi connectivity index (χ0) is 14.7. The lowest BCUT2D eigenvalue weighted by Gasteiger charge is -2.35. The number of ether oxygens (including phenoxy) is 1. The molecule has 0 atom stereocenters. The van der Waals surface area contributed by atoms with Crippen LogP contribution in [0.3, 0.4) is 0 Å². The van der Waals surface area contributed by atoms with Gasteiger partial charge in [0.05, 0.1) is 7.11 Å². The molecule has 0 spiro atoms. The molecule has 112 valence electrons. The average molecular weight is 276 g/mol. The van der Waals surface area contributed by atoms with E-state index in [1.165, 1.54) is 18.4 Å². The monoisotopic (exact) mass is 276 g/mol. The van der Waals surface area contributed by atoms with Gasteiger partial charge in [0, 0.05) is 19.3 Å². The van der Waals surface area contributed by atoms with Crippen LogP contribution in [0.25, 0.3) is 0 Å². The van der Waals surface area contributed by atoms with Crippen molar-refractivity contribution in [3.63, 3.8) is 0 Å². The standard InChI is InChI=1S/C17H28N2O/c1-12(2)14-6-8-19(9-7-14)17-16(20-5)10-15(11-18-17)13(3)4/h10-14H,6-9H2,1-5H3. The molecule has 1 fully saturated rings. The third-order valence-electron chi connectivity index (χ3n) is 4.52. The zero-order valence-corrected chi connectivity index (χ0v) is 13.5. The normalized spacial score (nSPS) is 17.1. The number of aromatic nitrogens is 1. The maximum absolute atomic E-state index is 5.56. The van der Waals surface area contributed by atoms with Gasteiger partial charge >= 0.3 is 0 Å². The summed E-state index contributed by atoms with van der Waals surface area (Å²) in [6.45, 7) is 11.2. The molecular weight excluding hydrogens is 248 g/mol. The second-order valence-corrected chi connectivity index (χ2v) is 6.52. The number of nitrogens with zero attached hydrogens (tertiary/aromatic N) is 2. The number of piperidine rings is 1. The van der Waals surface area contributed by atoms with E-state index in [-0.39, 0.29) is 0 Å². The average Bonchev–Trinajstić information content (AvgIpc) is 2.46. The quantitative estimate of drug-likeness (QED) is 0.828. The Hall–Kier alpha value is -1.25. The van der Waals surface area contributed by atoms with Crippen molar-refractivity contribution in [2.75, 3.05) is 25.1 Å². The van der Waals surface area contributed by atoms with E-state index in [9.17, 15) is 0 Å². The van der Waals surface area contributed by atoms with Crippen molar-refractivity contribution in [1.29, 1.82) is 0 Å². The molecule has 0 aromatic carbocycles. The molecule has 0 saturated carbocycles. The fraction of sp³-hybridized carbons (Fsp3) is 0.706. The molecule has 0 amide bonds. The first-order valence-electron chi connectivity index (χ1n) is 7.81. The largest absolute Gasteiger partial charge is 0.493 e. The first-order chi connectivity index (χ1) is 9.52. The molecule has 0 N–H and O–H groups in total. The van der Waals surface area contributed by atoms with Gasteiger partial charge in [-0.2, -0.15) is 0 Å². The van der Waals surface area contributed by atoms with E-state index in [4.69, 9.17) is 4.74 Å². The summed E-state index contributed by atoms with van der Waals surface area (Å²) in [5.41, 5.74) is 1.24. The minimum atomic E-state index is 0.483. The topological polar surface area (TPSA) is 25.4 Å². The first kappa shape index (κ1) is 15.1. The van der Waals surface area contributed by atoms with Crippen LogP contribution in [0.2, 0.25) is 0 Å². The Balaban J connectivity index is 2.13. The van der Waals surface area contributed by atoms with E-state index in [1.54, 1.807) is 7.11 Å². The van der Waals surface area contributed by atoms with E-state index in [0.29, 0.717) is 5.92 Å². The van der Waals surface area contributed by atoms with Crippen LogP contribution >= 0.6 is 0 Å². The number of hydrogen-bond donors (Lipinski definition) is 0. The van der Waals surface area contributed by atoms with Gasteiger partial charge < -0.3 is 9.64 Å². The van der Waals surface area contributed by atoms with Gasteiger partial charge in [-0.3, -0.25) is 0 Å². The lowest BCUT2D eigenvalue weighted by molar-refractivity contribution is 0.309. The Morgan fingerprint density at radius 1 is 1.20 bits per heavy atom. The van der Waals surface area contributed by atoms with Crippen molar-refractivity contribution in [1.82, 2.24) is 4.98 Å². The van der Waals surface area contributed by atoms with Gasteiger partial charge in [-0.1, -0.05) is 27.7 Å². The Morgan fingerprint density at radius 3 is 2.35 bits per heavy atom. The van der Waals surface area contributed by atoms with Crippen molar-refractivity contribution in [2.24, 2.45) is 11.8 Å². The van der Waals surface area contributed by atoms with Gasteiger partial charge in [0.2, 0.25) is 0 Å². The fourth-order valence-corrected chi connectivity index (χ4v) is 2.93. The fourth-order valence-electron chi connectivity index (χ4n) is 2.93. The van der Waals surface area contributed by atoms with Crippen LogP contribution in [0.4, 0.5) is 5.82 Å². The lowest BCUT2D eigenvalue weighted by Crippen LogP contribution is -2.36. The van der Waals surface area contributed by atoms with Crippen LogP contribution in [0.5, 0.6) is 5.75 Å². The molecule has 1 aliphatic rings. The highest BCUT2D eigenvalue weighted by Crippen LogP contribution is 2.33. The summed E-state index contributed by atoms with van der Waals surface area (Å²) in [6.07, 6.45) is 4.51. The van der Waals surface area contributed by atoms with Crippen molar-refractivity contribution in [3.05, 3.63) is 17.8 Å². The zero-order valence-electron chi connectivity index (χ0n) is 13.5. The van der Waals surface area contributed by atoms with Crippen LogP contribution in [0.15, 0.2) is 12.3 Å². The number of anilines is 1. The number of methoxy groups -OCH3 is 1. The summed E-state index contributed by atoms with van der Waals surface area (Å²) < 4.78 is 5.56. The van der Waals surface area contributed by atoms with Gasteiger partial charge in [0.15, 0.2) is 11.6 Å². The van der Waals surface area contributed by atoms with Crippen LogP contribution in [0, 0.1) is 11.8 Å². The highest BCUT2D eigenvalue weighted by Gasteiger charge is 2.24. The van der Waals surface area contributed by atoms with Crippen LogP contribution in [-0.4, -0.2) is 25.2 Å². The highest BCUT2D eigenvalue weighted by molar-refractivity contribution is 5.54. The third-order valence-corrected chi connectivity index (χ3v) is 4.52. The molecule has 2 heterocycles. The molecule has 0 unspecified atom stereocenters. The Bertz CT molecular complexity index is 435. The van der Waals surface area contributed by atoms with Gasteiger partial charge in [0.25, 0.3) is 0 Å². The van der Waals surface area contributed by atoms with Crippen molar-refractivity contribution < 1.29 is 4.74 Å². The Kier molecular flexibility index (Phi) is 4.90. The summed E-state index contributed by atoms with van der Waals surface area (Å²) in [5, 5.41) is 0. The molecule has 2 rings (SSSR count). The molecule has 1 aromatic heterocycles. The predicted molar refractivity (Wildman–Crippen MR) is 84.7 cm³/mol. The summed E-state index contributed by atoms with van der Waals surface area (Å²) in [5.74, 6) is 4.05. The minimum absolute atomic E-state index is 0.483. The van der Waals surface area contributed by atoms with Crippen LogP contribution in [0.1, 0.15) is 52.0 Å². The molecule has 3 nitrogen and oxygen atoms in total. The summed E-state index contributed by atoms with van der Waals surface area (Å²) in [6, 6.07) is 2.14. The maximum Gasteiger partial charge on any atom is 0.171 e. The molecule has 20 heavy (non-hydrogen) atoms. The first-order valence-corrected chi connectivity index (χ1v) is 7.81. The molecular formula is C17H28N2O. The van der Waals surface area contributed by atoms with Gasteiger partial charge in [-0.05, 0) is 42.2 Å². The predicted octanol–water partition coefficient (Wildman–Crippen LogP) is 4.09. The summed E-state index contributed by atoms with van der Waals surface area (Å²) in [7, 11) is 1.74. The smallest absolute Gasteiger partial charge is 0.171 e. The van der Waals surface area contributed by atoms with E-state index in [1.807, 2.05) is 6.20 Å². The van der Waals surface area contributed by atoms with Crippen molar-refractivity contribution in [2.45, 2.75) is 46.5 Å². The highest BCUT2D eigenvalue weighted by atomic mass is 16.5. The van der Waals surface area contributed by atoms with Crippen molar-refractivity contribution >= 4 is 5.82 Å². The summed E-state index contributed by atoms with van der Waals surface area (Å²) >= 11 is 0. The number of rotatable bonds is 4. The molecule has 0 radical (unpaired) electrons. The second kappa shape index (κ2) is 6.47. The Morgan fingerprint density at radius 2 is 1.85 bits per heavy atom. The van der Waals surface area contributed by atoms with E-state index >= 15 is 0 Å². The Labute approximate surface area is 123 Å². The molecule has 1 aliphatic heterocycles. The van der Waals surface area contributed by atoms with E-state index < -0.39 is 0 Å². The maximum atomic E-state index is 5.56. The SMILES string of the molecule is COc1cc(C(C)C)cnc1N1CCC(C(C)C)CC1. The van der Waals surface area contributed by atoms with Crippen molar-refractivity contribution in [3.8, 4) is 5.75 Å². The van der Waals surface area contributed by atoms with Crippen LogP contribution < -0.4 is 9.64 Å². The minimum Gasteiger partial charge on any atom is -0.493 e. The molecule has 3 heteroatoms. The number of pyridine rings is 1. The van der Waals surface area contributed by atoms with Gasteiger partial charge in [-0.25, -0.2) is 4.98 Å². The third kappa shape index (κ3) is 3.25. The molecule has 1 saturated heterocycles. The van der Waals surface area contributed by atoms with Gasteiger partial charge in [0.1, 0.15) is 0 Å². The van der Waals surface area contributed by atoms with Gasteiger partial charge in [-0.15, -0.1) is 0 Å². The van der Waals surface area contributed by atoms with Crippen LogP contribution in [-0.2, 0) is 0 Å². The second-order valence-electron chi connectivity index (χ2n) is 6.52. The summed E-state index contributed by atoms with van der Waals surface area (Å²) in [4.78, 5) is 7.04. The van der Waals surface area contributed by atoms with E-state index in [2.05, 4.69) is 43.6 Å².